The molecule has 144 valence electrons. The van der Waals surface area contributed by atoms with Gasteiger partial charge < -0.3 is 14.7 Å². The van der Waals surface area contributed by atoms with Gasteiger partial charge in [-0.3, -0.25) is 4.79 Å². The molecule has 0 bridgehead atoms. The number of anilines is 1. The van der Waals surface area contributed by atoms with E-state index < -0.39 is 0 Å². The van der Waals surface area contributed by atoms with Crippen molar-refractivity contribution < 1.29 is 4.79 Å². The number of carbonyl (C=O) groups is 1. The van der Waals surface area contributed by atoms with E-state index in [0.29, 0.717) is 17.9 Å². The highest BCUT2D eigenvalue weighted by molar-refractivity contribution is 5.76. The van der Waals surface area contributed by atoms with Crippen molar-refractivity contribution in [1.82, 2.24) is 19.8 Å². The second-order valence-corrected chi connectivity index (χ2v) is 8.05. The van der Waals surface area contributed by atoms with E-state index in [0.717, 1.165) is 75.6 Å². The summed E-state index contributed by atoms with van der Waals surface area (Å²) in [6.07, 6.45) is 4.67. The Morgan fingerprint density at radius 2 is 1.73 bits per heavy atom. The first-order chi connectivity index (χ1) is 12.5. The van der Waals surface area contributed by atoms with Crippen LogP contribution in [0.3, 0.4) is 0 Å². The molecule has 0 aromatic carbocycles. The summed E-state index contributed by atoms with van der Waals surface area (Å²) in [6, 6.07) is 0.619. The summed E-state index contributed by atoms with van der Waals surface area (Å²) in [5, 5.41) is 0. The fourth-order valence-electron chi connectivity index (χ4n) is 4.06. The molecule has 26 heavy (non-hydrogen) atoms. The Bertz CT molecular complexity index is 617. The van der Waals surface area contributed by atoms with Crippen molar-refractivity contribution in [2.45, 2.75) is 53.0 Å². The van der Waals surface area contributed by atoms with Crippen LogP contribution in [0.1, 0.15) is 44.4 Å². The van der Waals surface area contributed by atoms with Crippen molar-refractivity contribution in [3.05, 3.63) is 17.6 Å². The lowest BCUT2D eigenvalue weighted by atomic mass is 9.92. The van der Waals surface area contributed by atoms with Gasteiger partial charge in [0, 0.05) is 49.9 Å². The zero-order valence-corrected chi connectivity index (χ0v) is 16.7. The van der Waals surface area contributed by atoms with Gasteiger partial charge in [-0.05, 0) is 59.5 Å². The van der Waals surface area contributed by atoms with Crippen LogP contribution in [0.25, 0.3) is 0 Å². The minimum absolute atomic E-state index is 0.336. The number of hydrogen-bond acceptors (Lipinski definition) is 5. The lowest BCUT2D eigenvalue weighted by molar-refractivity contribution is -0.132. The minimum Gasteiger partial charge on any atom is -0.353 e. The van der Waals surface area contributed by atoms with E-state index in [4.69, 9.17) is 0 Å². The smallest absolute Gasteiger partial charge is 0.222 e. The molecule has 0 N–H and O–H groups in total. The van der Waals surface area contributed by atoms with Gasteiger partial charge in [-0.15, -0.1) is 0 Å². The molecular formula is C20H33N5O. The largest absolute Gasteiger partial charge is 0.353 e. The van der Waals surface area contributed by atoms with Crippen molar-refractivity contribution in [2.24, 2.45) is 5.92 Å². The van der Waals surface area contributed by atoms with E-state index in [2.05, 4.69) is 45.4 Å². The van der Waals surface area contributed by atoms with Crippen LogP contribution < -0.4 is 4.90 Å². The molecule has 0 unspecified atom stereocenters. The Labute approximate surface area is 157 Å². The quantitative estimate of drug-likeness (QED) is 0.825. The molecule has 3 heterocycles. The maximum atomic E-state index is 12.7. The fourth-order valence-corrected chi connectivity index (χ4v) is 4.06. The first-order valence-corrected chi connectivity index (χ1v) is 10.0. The molecule has 0 radical (unpaired) electrons. The van der Waals surface area contributed by atoms with E-state index in [9.17, 15) is 4.79 Å². The molecule has 0 atom stereocenters. The summed E-state index contributed by atoms with van der Waals surface area (Å²) in [4.78, 5) is 28.3. The second kappa shape index (κ2) is 8.33. The van der Waals surface area contributed by atoms with E-state index in [1.165, 1.54) is 0 Å². The van der Waals surface area contributed by atoms with E-state index in [1.54, 1.807) is 6.33 Å². The van der Waals surface area contributed by atoms with Gasteiger partial charge in [0.05, 0.1) is 0 Å². The van der Waals surface area contributed by atoms with Gasteiger partial charge >= 0.3 is 0 Å². The highest BCUT2D eigenvalue weighted by Gasteiger charge is 2.27. The second-order valence-electron chi connectivity index (χ2n) is 8.05. The summed E-state index contributed by atoms with van der Waals surface area (Å²) >= 11 is 0. The topological polar surface area (TPSA) is 52.6 Å². The first-order valence-electron chi connectivity index (χ1n) is 10.0. The number of aryl methyl sites for hydroxylation is 1. The van der Waals surface area contributed by atoms with Crippen molar-refractivity contribution in [1.29, 1.82) is 0 Å². The average Bonchev–Trinajstić information content (AvgIpc) is 2.64. The Kier molecular flexibility index (Phi) is 6.12. The standard InChI is InChI=1S/C20H33N5O/c1-15(2)23-7-5-18(6-8-23)13-19(26)24-9-11-25(12-10-24)20-16(3)17(4)21-14-22-20/h14-15,18H,5-13H2,1-4H3. The molecule has 1 aromatic heterocycles. The molecule has 0 spiro atoms. The number of rotatable bonds is 4. The van der Waals surface area contributed by atoms with Gasteiger partial charge in [0.25, 0.3) is 0 Å². The van der Waals surface area contributed by atoms with Gasteiger partial charge in [0.1, 0.15) is 12.1 Å². The molecule has 1 amide bonds. The van der Waals surface area contributed by atoms with Gasteiger partial charge in [0.15, 0.2) is 0 Å². The molecule has 1 aromatic rings. The molecule has 2 saturated heterocycles. The highest BCUT2D eigenvalue weighted by atomic mass is 16.2. The van der Waals surface area contributed by atoms with Crippen LogP contribution in [-0.2, 0) is 4.79 Å². The maximum absolute atomic E-state index is 12.7. The predicted molar refractivity (Wildman–Crippen MR) is 104 cm³/mol. The molecule has 6 nitrogen and oxygen atoms in total. The fraction of sp³-hybridized carbons (Fsp3) is 0.750. The SMILES string of the molecule is Cc1ncnc(N2CCN(C(=O)CC3CCN(C(C)C)CC3)CC2)c1C. The number of aromatic nitrogens is 2. The van der Waals surface area contributed by atoms with Crippen molar-refractivity contribution in [3.8, 4) is 0 Å². The number of piperazine rings is 1. The normalized spacial score (nSPS) is 20.0. The zero-order valence-electron chi connectivity index (χ0n) is 16.7. The summed E-state index contributed by atoms with van der Waals surface area (Å²) < 4.78 is 0. The number of nitrogens with zero attached hydrogens (tertiary/aromatic N) is 5. The number of amides is 1. The zero-order chi connectivity index (χ0) is 18.7. The molecule has 0 aliphatic carbocycles. The summed E-state index contributed by atoms with van der Waals surface area (Å²) in [5.41, 5.74) is 2.17. The maximum Gasteiger partial charge on any atom is 0.222 e. The molecule has 2 fully saturated rings. The summed E-state index contributed by atoms with van der Waals surface area (Å²) in [6.45, 7) is 14.2. The number of likely N-dealkylation sites (tertiary alicyclic amines) is 1. The Balaban J connectivity index is 1.47. The third-order valence-electron chi connectivity index (χ3n) is 6.08. The summed E-state index contributed by atoms with van der Waals surface area (Å²) in [7, 11) is 0. The van der Waals surface area contributed by atoms with Crippen LogP contribution in [-0.4, -0.2) is 71.0 Å². The molecule has 2 aliphatic rings. The number of carbonyl (C=O) groups excluding carboxylic acids is 1. The van der Waals surface area contributed by atoms with Gasteiger partial charge in [0.2, 0.25) is 5.91 Å². The third kappa shape index (κ3) is 4.34. The van der Waals surface area contributed by atoms with Crippen LogP contribution in [0.5, 0.6) is 0 Å². The van der Waals surface area contributed by atoms with Crippen LogP contribution >= 0.6 is 0 Å². The Hall–Kier alpha value is -1.69. The van der Waals surface area contributed by atoms with Gasteiger partial charge in [-0.25, -0.2) is 9.97 Å². The first kappa shape index (κ1) is 19.1. The van der Waals surface area contributed by atoms with E-state index >= 15 is 0 Å². The number of hydrogen-bond donors (Lipinski definition) is 0. The molecular weight excluding hydrogens is 326 g/mol. The monoisotopic (exact) mass is 359 g/mol. The molecule has 2 aliphatic heterocycles. The number of piperidine rings is 1. The molecule has 6 heteroatoms. The molecule has 3 rings (SSSR count). The summed E-state index contributed by atoms with van der Waals surface area (Å²) in [5.74, 6) is 1.91. The van der Waals surface area contributed by atoms with Crippen molar-refractivity contribution in [3.63, 3.8) is 0 Å². The van der Waals surface area contributed by atoms with Crippen LogP contribution in [0.15, 0.2) is 6.33 Å². The van der Waals surface area contributed by atoms with E-state index in [1.807, 2.05) is 6.92 Å². The van der Waals surface area contributed by atoms with Crippen LogP contribution in [0.4, 0.5) is 5.82 Å². The Morgan fingerprint density at radius 1 is 1.08 bits per heavy atom. The van der Waals surface area contributed by atoms with Gasteiger partial charge in [-0.1, -0.05) is 0 Å². The Morgan fingerprint density at radius 3 is 2.35 bits per heavy atom. The average molecular weight is 360 g/mol. The van der Waals surface area contributed by atoms with E-state index in [-0.39, 0.29) is 0 Å². The van der Waals surface area contributed by atoms with Gasteiger partial charge in [-0.2, -0.15) is 0 Å². The van der Waals surface area contributed by atoms with Crippen LogP contribution in [0, 0.1) is 19.8 Å². The third-order valence-corrected chi connectivity index (χ3v) is 6.08. The van der Waals surface area contributed by atoms with Crippen molar-refractivity contribution >= 4 is 11.7 Å². The lowest BCUT2D eigenvalue weighted by Crippen LogP contribution is -2.50. The van der Waals surface area contributed by atoms with Crippen LogP contribution in [0.2, 0.25) is 0 Å². The lowest BCUT2D eigenvalue weighted by Gasteiger charge is -2.38. The highest BCUT2D eigenvalue weighted by Crippen LogP contribution is 2.24. The minimum atomic E-state index is 0.336. The van der Waals surface area contributed by atoms with Crippen molar-refractivity contribution in [2.75, 3.05) is 44.2 Å². The predicted octanol–water partition coefficient (Wildman–Crippen LogP) is 2.25. The molecule has 0 saturated carbocycles.